The second-order valence-corrected chi connectivity index (χ2v) is 4.88. The molecule has 0 aliphatic rings. The van der Waals surface area contributed by atoms with Crippen molar-refractivity contribution in [1.82, 2.24) is 0 Å². The summed E-state index contributed by atoms with van der Waals surface area (Å²) in [7, 11) is 0. The van der Waals surface area contributed by atoms with Crippen LogP contribution in [0.1, 0.15) is 33.9 Å². The van der Waals surface area contributed by atoms with Crippen molar-refractivity contribution in [2.45, 2.75) is 26.4 Å². The van der Waals surface area contributed by atoms with Crippen LogP contribution < -0.4 is 0 Å². The molecule has 19 heavy (non-hydrogen) atoms. The summed E-state index contributed by atoms with van der Waals surface area (Å²) in [6.45, 7) is 4.11. The summed E-state index contributed by atoms with van der Waals surface area (Å²) < 4.78 is 0. The predicted octanol–water partition coefficient (Wildman–Crippen LogP) is 3.45. The third kappa shape index (κ3) is 3.21. The Balaban J connectivity index is 2.18. The fraction of sp³-hybridized carbons (Fsp3) is 0.235. The van der Waals surface area contributed by atoms with Crippen LogP contribution in [0.4, 0.5) is 0 Å². The smallest absolute Gasteiger partial charge is 0.0991 e. The lowest BCUT2D eigenvalue weighted by molar-refractivity contribution is 0.178. The molecule has 2 heteroatoms. The van der Waals surface area contributed by atoms with Gasteiger partial charge in [0, 0.05) is 6.42 Å². The van der Waals surface area contributed by atoms with Crippen LogP contribution in [-0.2, 0) is 6.42 Å². The number of hydrogen-bond donors (Lipinski definition) is 1. The highest BCUT2D eigenvalue weighted by atomic mass is 16.3. The normalized spacial score (nSPS) is 11.9. The molecule has 0 fully saturated rings. The van der Waals surface area contributed by atoms with Crippen molar-refractivity contribution in [3.63, 3.8) is 0 Å². The number of benzene rings is 2. The van der Waals surface area contributed by atoms with Crippen molar-refractivity contribution in [2.24, 2.45) is 0 Å². The van der Waals surface area contributed by atoms with Gasteiger partial charge in [-0.25, -0.2) is 0 Å². The molecule has 0 spiro atoms. The van der Waals surface area contributed by atoms with Crippen molar-refractivity contribution < 1.29 is 5.11 Å². The first kappa shape index (κ1) is 13.3. The van der Waals surface area contributed by atoms with E-state index in [4.69, 9.17) is 5.26 Å². The maximum Gasteiger partial charge on any atom is 0.0991 e. The van der Waals surface area contributed by atoms with Gasteiger partial charge in [-0.2, -0.15) is 5.26 Å². The van der Waals surface area contributed by atoms with Crippen LogP contribution in [0.2, 0.25) is 0 Å². The van der Waals surface area contributed by atoms with E-state index in [1.54, 1.807) is 12.1 Å². The van der Waals surface area contributed by atoms with Gasteiger partial charge in [-0.05, 0) is 42.7 Å². The Morgan fingerprint density at radius 1 is 1.11 bits per heavy atom. The quantitative estimate of drug-likeness (QED) is 0.908. The van der Waals surface area contributed by atoms with Crippen LogP contribution in [0.15, 0.2) is 42.5 Å². The van der Waals surface area contributed by atoms with E-state index in [-0.39, 0.29) is 0 Å². The highest BCUT2D eigenvalue weighted by Crippen LogP contribution is 2.21. The molecule has 0 heterocycles. The van der Waals surface area contributed by atoms with Gasteiger partial charge in [-0.15, -0.1) is 0 Å². The Bertz CT molecular complexity index is 608. The number of nitrogens with zero attached hydrogens (tertiary/aromatic N) is 1. The molecule has 2 aromatic rings. The third-order valence-electron chi connectivity index (χ3n) is 3.34. The van der Waals surface area contributed by atoms with Gasteiger partial charge in [0.2, 0.25) is 0 Å². The number of aryl methyl sites for hydroxylation is 2. The third-order valence-corrected chi connectivity index (χ3v) is 3.34. The van der Waals surface area contributed by atoms with Crippen LogP contribution >= 0.6 is 0 Å². The largest absolute Gasteiger partial charge is 0.388 e. The first-order chi connectivity index (χ1) is 9.10. The van der Waals surface area contributed by atoms with Gasteiger partial charge in [0.15, 0.2) is 0 Å². The SMILES string of the molecule is Cc1ccc(C)c(CC(O)c2ccc(C#N)cc2)c1. The number of hydrogen-bond acceptors (Lipinski definition) is 2. The Morgan fingerprint density at radius 3 is 2.42 bits per heavy atom. The molecule has 1 N–H and O–H groups in total. The molecule has 1 unspecified atom stereocenters. The van der Waals surface area contributed by atoms with Gasteiger partial charge in [-0.1, -0.05) is 35.9 Å². The zero-order chi connectivity index (χ0) is 13.8. The van der Waals surface area contributed by atoms with E-state index in [2.05, 4.69) is 38.1 Å². The molecule has 0 amide bonds. The summed E-state index contributed by atoms with van der Waals surface area (Å²) in [4.78, 5) is 0. The fourth-order valence-electron chi connectivity index (χ4n) is 2.13. The van der Waals surface area contributed by atoms with Gasteiger partial charge >= 0.3 is 0 Å². The maximum atomic E-state index is 10.3. The van der Waals surface area contributed by atoms with Crippen LogP contribution in [0.25, 0.3) is 0 Å². The molecule has 0 aliphatic carbocycles. The van der Waals surface area contributed by atoms with Crippen molar-refractivity contribution in [3.8, 4) is 6.07 Å². The topological polar surface area (TPSA) is 44.0 Å². The van der Waals surface area contributed by atoms with Crippen LogP contribution in [0, 0.1) is 25.2 Å². The van der Waals surface area contributed by atoms with Gasteiger partial charge in [0.05, 0.1) is 17.7 Å². The van der Waals surface area contributed by atoms with E-state index in [9.17, 15) is 5.11 Å². The summed E-state index contributed by atoms with van der Waals surface area (Å²) >= 11 is 0. The average Bonchev–Trinajstić information content (AvgIpc) is 2.43. The summed E-state index contributed by atoms with van der Waals surface area (Å²) in [6.07, 6.45) is 0.0626. The molecule has 0 aromatic heterocycles. The highest BCUT2D eigenvalue weighted by molar-refractivity contribution is 5.35. The van der Waals surface area contributed by atoms with Crippen LogP contribution in [0.5, 0.6) is 0 Å². The molecular weight excluding hydrogens is 234 g/mol. The first-order valence-electron chi connectivity index (χ1n) is 6.34. The summed E-state index contributed by atoms with van der Waals surface area (Å²) in [6, 6.07) is 15.5. The lowest BCUT2D eigenvalue weighted by atomic mass is 9.96. The average molecular weight is 251 g/mol. The lowest BCUT2D eigenvalue weighted by Gasteiger charge is -2.13. The number of aliphatic hydroxyl groups is 1. The van der Waals surface area contributed by atoms with E-state index in [1.807, 2.05) is 12.1 Å². The van der Waals surface area contributed by atoms with Gasteiger partial charge < -0.3 is 5.11 Å². The second-order valence-electron chi connectivity index (χ2n) is 4.88. The lowest BCUT2D eigenvalue weighted by Crippen LogP contribution is -2.03. The predicted molar refractivity (Wildman–Crippen MR) is 75.7 cm³/mol. The highest BCUT2D eigenvalue weighted by Gasteiger charge is 2.10. The zero-order valence-corrected chi connectivity index (χ0v) is 11.2. The minimum atomic E-state index is -0.534. The van der Waals surface area contributed by atoms with E-state index in [0.29, 0.717) is 12.0 Å². The van der Waals surface area contributed by atoms with Crippen LogP contribution in [0.3, 0.4) is 0 Å². The second kappa shape index (κ2) is 5.69. The molecule has 2 nitrogen and oxygen atoms in total. The van der Waals surface area contributed by atoms with E-state index < -0.39 is 6.10 Å². The molecule has 1 atom stereocenters. The molecule has 2 rings (SSSR count). The Hall–Kier alpha value is -2.11. The minimum absolute atomic E-state index is 0.534. The number of aliphatic hydroxyl groups excluding tert-OH is 1. The van der Waals surface area contributed by atoms with Crippen molar-refractivity contribution in [1.29, 1.82) is 5.26 Å². The summed E-state index contributed by atoms with van der Waals surface area (Å²) in [5.41, 5.74) is 5.02. The molecule has 96 valence electrons. The first-order valence-corrected chi connectivity index (χ1v) is 6.34. The molecule has 0 bridgehead atoms. The van der Waals surface area contributed by atoms with Crippen molar-refractivity contribution in [3.05, 3.63) is 70.3 Å². The van der Waals surface area contributed by atoms with Crippen LogP contribution in [-0.4, -0.2) is 5.11 Å². The van der Waals surface area contributed by atoms with Gasteiger partial charge in [0.25, 0.3) is 0 Å². The Labute approximate surface area is 114 Å². The molecule has 0 saturated carbocycles. The summed E-state index contributed by atoms with van der Waals surface area (Å²) in [5, 5.41) is 19.0. The van der Waals surface area contributed by atoms with Gasteiger partial charge in [-0.3, -0.25) is 0 Å². The molecule has 0 aliphatic heterocycles. The fourth-order valence-corrected chi connectivity index (χ4v) is 2.13. The van der Waals surface area contributed by atoms with E-state index >= 15 is 0 Å². The molecular formula is C17H17NO. The molecule has 0 radical (unpaired) electrons. The Kier molecular flexibility index (Phi) is 3.99. The van der Waals surface area contributed by atoms with Crippen molar-refractivity contribution in [2.75, 3.05) is 0 Å². The maximum absolute atomic E-state index is 10.3. The zero-order valence-electron chi connectivity index (χ0n) is 11.2. The monoisotopic (exact) mass is 251 g/mol. The molecule has 2 aromatic carbocycles. The van der Waals surface area contributed by atoms with E-state index in [1.165, 1.54) is 11.1 Å². The Morgan fingerprint density at radius 2 is 1.79 bits per heavy atom. The standard InChI is InChI=1S/C17H17NO/c1-12-3-4-13(2)16(9-12)10-17(19)15-7-5-14(11-18)6-8-15/h3-9,17,19H,10H2,1-2H3. The number of rotatable bonds is 3. The van der Waals surface area contributed by atoms with Crippen molar-refractivity contribution >= 4 is 0 Å². The summed E-state index contributed by atoms with van der Waals surface area (Å²) in [5.74, 6) is 0. The molecule has 0 saturated heterocycles. The van der Waals surface area contributed by atoms with Gasteiger partial charge in [0.1, 0.15) is 0 Å². The number of nitriles is 1. The minimum Gasteiger partial charge on any atom is -0.388 e. The van der Waals surface area contributed by atoms with E-state index in [0.717, 1.165) is 11.1 Å².